The first-order chi connectivity index (χ1) is 15.0. The molecule has 2 aromatic carbocycles. The summed E-state index contributed by atoms with van der Waals surface area (Å²) in [6, 6.07) is 12.9. The Morgan fingerprint density at radius 3 is 2.68 bits per heavy atom. The molecule has 31 heavy (non-hydrogen) atoms. The van der Waals surface area contributed by atoms with Crippen LogP contribution in [0, 0.1) is 18.6 Å². The number of benzene rings is 2. The molecule has 1 atom stereocenters. The zero-order valence-electron chi connectivity index (χ0n) is 16.7. The van der Waals surface area contributed by atoms with Crippen molar-refractivity contribution in [2.24, 2.45) is 10.8 Å². The van der Waals surface area contributed by atoms with E-state index in [0.29, 0.717) is 40.1 Å². The van der Waals surface area contributed by atoms with Crippen LogP contribution in [0.2, 0.25) is 0 Å². The fourth-order valence-electron chi connectivity index (χ4n) is 3.57. The largest absolute Gasteiger partial charge is 0.330 e. The molecular formula is C22H20F2N4OS2. The number of hydrogen-bond acceptors (Lipinski definition) is 7. The van der Waals surface area contributed by atoms with E-state index in [1.165, 1.54) is 23.1 Å². The normalized spacial score (nSPS) is 18.3. The summed E-state index contributed by atoms with van der Waals surface area (Å²) in [7, 11) is 0. The van der Waals surface area contributed by atoms with Gasteiger partial charge in [0.1, 0.15) is 26.4 Å². The van der Waals surface area contributed by atoms with Gasteiger partial charge in [-0.1, -0.05) is 42.1 Å². The van der Waals surface area contributed by atoms with E-state index in [-0.39, 0.29) is 5.56 Å². The fourth-order valence-corrected chi connectivity index (χ4v) is 5.71. The molecule has 0 radical (unpaired) electrons. The number of aldehydes is 1. The summed E-state index contributed by atoms with van der Waals surface area (Å²) in [5.41, 5.74) is 6.81. The van der Waals surface area contributed by atoms with Crippen LogP contribution in [-0.2, 0) is 4.87 Å². The molecule has 0 bridgehead atoms. The number of thiazole rings is 1. The quantitative estimate of drug-likeness (QED) is 0.502. The maximum absolute atomic E-state index is 14.6. The summed E-state index contributed by atoms with van der Waals surface area (Å²) in [5.74, 6) is -0.721. The van der Waals surface area contributed by atoms with Gasteiger partial charge in [0.2, 0.25) is 0 Å². The van der Waals surface area contributed by atoms with Gasteiger partial charge in [-0.3, -0.25) is 4.79 Å². The fraction of sp³-hybridized carbons (Fsp3) is 0.227. The number of carbonyl (C=O) groups excluding carboxylic acids is 1. The number of nitrogens with zero attached hydrogens (tertiary/aromatic N) is 3. The first-order valence-corrected chi connectivity index (χ1v) is 11.3. The van der Waals surface area contributed by atoms with Crippen LogP contribution in [0.3, 0.4) is 0 Å². The van der Waals surface area contributed by atoms with Crippen LogP contribution >= 0.6 is 23.1 Å². The second-order valence-electron chi connectivity index (χ2n) is 7.02. The van der Waals surface area contributed by atoms with Crippen LogP contribution in [-0.4, -0.2) is 22.9 Å². The lowest BCUT2D eigenvalue weighted by Gasteiger charge is -2.36. The Hall–Kier alpha value is -2.62. The topological polar surface area (TPSA) is 71.6 Å². The zero-order valence-corrected chi connectivity index (χ0v) is 18.4. The van der Waals surface area contributed by atoms with Gasteiger partial charge in [-0.2, -0.15) is 5.10 Å². The summed E-state index contributed by atoms with van der Waals surface area (Å²) < 4.78 is 28.6. The second-order valence-corrected chi connectivity index (χ2v) is 9.53. The Balaban J connectivity index is 1.94. The zero-order chi connectivity index (χ0) is 22.0. The third-order valence-corrected chi connectivity index (χ3v) is 7.28. The summed E-state index contributed by atoms with van der Waals surface area (Å²) in [6.45, 7) is 2.26. The van der Waals surface area contributed by atoms with Crippen molar-refractivity contribution >= 4 is 40.2 Å². The smallest absolute Gasteiger partial charge is 0.172 e. The molecule has 0 amide bonds. The van der Waals surface area contributed by atoms with Gasteiger partial charge < -0.3 is 5.73 Å². The minimum Gasteiger partial charge on any atom is -0.330 e. The molecule has 5 nitrogen and oxygen atoms in total. The molecule has 0 saturated carbocycles. The monoisotopic (exact) mass is 458 g/mol. The molecule has 1 aliphatic rings. The number of anilines is 1. The average molecular weight is 459 g/mol. The van der Waals surface area contributed by atoms with Crippen LogP contribution in [0.15, 0.2) is 53.6 Å². The lowest BCUT2D eigenvalue weighted by atomic mass is 10.00. The van der Waals surface area contributed by atoms with Gasteiger partial charge in [0.15, 0.2) is 12.1 Å². The maximum Gasteiger partial charge on any atom is 0.172 e. The molecule has 0 saturated heterocycles. The lowest BCUT2D eigenvalue weighted by Crippen LogP contribution is -2.38. The molecule has 160 valence electrons. The van der Waals surface area contributed by atoms with Gasteiger partial charge in [-0.05, 0) is 50.1 Å². The van der Waals surface area contributed by atoms with Gasteiger partial charge in [0, 0.05) is 5.56 Å². The molecule has 1 aliphatic heterocycles. The standard InChI is InChI=1S/C22H20F2N4OS2/c1-14-26-20(19(13-29)30-14)28-22(10-5-11-25,15-6-3-2-4-7-15)31-21(27-28)17-12-16(23)8-9-18(17)24/h2-4,6-9,12-13H,5,10-11,25H2,1H3. The highest BCUT2D eigenvalue weighted by Gasteiger charge is 2.48. The molecule has 2 heterocycles. The highest BCUT2D eigenvalue weighted by molar-refractivity contribution is 8.15. The number of hydrogen-bond donors (Lipinski definition) is 1. The number of thioether (sulfide) groups is 1. The highest BCUT2D eigenvalue weighted by atomic mass is 32.2. The molecule has 1 aromatic heterocycles. The predicted octanol–water partition coefficient (Wildman–Crippen LogP) is 5.05. The Labute approximate surface area is 187 Å². The van der Waals surface area contributed by atoms with E-state index in [1.807, 2.05) is 37.3 Å². The van der Waals surface area contributed by atoms with Crippen LogP contribution in [0.1, 0.15) is 38.6 Å². The molecule has 0 fully saturated rings. The summed E-state index contributed by atoms with van der Waals surface area (Å²) in [4.78, 5) is 15.9. The van der Waals surface area contributed by atoms with E-state index in [9.17, 15) is 13.6 Å². The van der Waals surface area contributed by atoms with Crippen molar-refractivity contribution in [1.29, 1.82) is 0 Å². The predicted molar refractivity (Wildman–Crippen MR) is 122 cm³/mol. The van der Waals surface area contributed by atoms with E-state index in [0.717, 1.165) is 30.0 Å². The number of carbonyl (C=O) groups is 1. The van der Waals surface area contributed by atoms with Crippen LogP contribution in [0.25, 0.3) is 0 Å². The molecule has 0 aliphatic carbocycles. The van der Waals surface area contributed by atoms with Crippen molar-refractivity contribution in [1.82, 2.24) is 4.98 Å². The number of nitrogens with two attached hydrogens (primary N) is 1. The van der Waals surface area contributed by atoms with Crippen LogP contribution in [0.5, 0.6) is 0 Å². The van der Waals surface area contributed by atoms with Crippen molar-refractivity contribution in [2.75, 3.05) is 11.6 Å². The summed E-state index contributed by atoms with van der Waals surface area (Å²) in [5, 5.41) is 7.39. The molecule has 9 heteroatoms. The third kappa shape index (κ3) is 4.00. The SMILES string of the molecule is Cc1nc(N2N=C(c3cc(F)ccc3F)SC2(CCCN)c2ccccc2)c(C=O)s1. The van der Waals surface area contributed by atoms with Crippen molar-refractivity contribution in [3.63, 3.8) is 0 Å². The number of aromatic nitrogens is 1. The van der Waals surface area contributed by atoms with Gasteiger partial charge in [-0.25, -0.2) is 18.8 Å². The Kier molecular flexibility index (Phi) is 6.17. The lowest BCUT2D eigenvalue weighted by molar-refractivity contribution is 0.112. The number of hydrazone groups is 1. The third-order valence-electron chi connectivity index (χ3n) is 4.95. The minimum atomic E-state index is -0.813. The Morgan fingerprint density at radius 1 is 1.19 bits per heavy atom. The Morgan fingerprint density at radius 2 is 1.97 bits per heavy atom. The molecule has 1 unspecified atom stereocenters. The summed E-state index contributed by atoms with van der Waals surface area (Å²) >= 11 is 2.59. The molecule has 3 aromatic rings. The molecular weight excluding hydrogens is 438 g/mol. The Bertz CT molecular complexity index is 1140. The minimum absolute atomic E-state index is 0.0696. The van der Waals surface area contributed by atoms with Crippen molar-refractivity contribution in [2.45, 2.75) is 24.6 Å². The van der Waals surface area contributed by atoms with Crippen LogP contribution in [0.4, 0.5) is 14.6 Å². The highest BCUT2D eigenvalue weighted by Crippen LogP contribution is 2.52. The number of aryl methyl sites for hydroxylation is 1. The van der Waals surface area contributed by atoms with Crippen molar-refractivity contribution < 1.29 is 13.6 Å². The first kappa shape index (κ1) is 21.6. The molecule has 2 N–H and O–H groups in total. The number of halogens is 2. The van der Waals surface area contributed by atoms with Gasteiger partial charge in [-0.15, -0.1) is 11.3 Å². The van der Waals surface area contributed by atoms with Gasteiger partial charge >= 0.3 is 0 Å². The van der Waals surface area contributed by atoms with E-state index >= 15 is 0 Å². The average Bonchev–Trinajstić information content (AvgIpc) is 3.35. The van der Waals surface area contributed by atoms with E-state index < -0.39 is 16.5 Å². The van der Waals surface area contributed by atoms with Gasteiger partial charge in [0.05, 0.1) is 5.01 Å². The van der Waals surface area contributed by atoms with Crippen molar-refractivity contribution in [3.8, 4) is 0 Å². The molecule has 4 rings (SSSR count). The second kappa shape index (κ2) is 8.86. The van der Waals surface area contributed by atoms with Crippen molar-refractivity contribution in [3.05, 3.63) is 81.2 Å². The van der Waals surface area contributed by atoms with E-state index in [1.54, 1.807) is 5.01 Å². The van der Waals surface area contributed by atoms with E-state index in [2.05, 4.69) is 10.1 Å². The van der Waals surface area contributed by atoms with Gasteiger partial charge in [0.25, 0.3) is 0 Å². The maximum atomic E-state index is 14.6. The van der Waals surface area contributed by atoms with E-state index in [4.69, 9.17) is 5.73 Å². The summed E-state index contributed by atoms with van der Waals surface area (Å²) in [6.07, 6.45) is 1.98. The first-order valence-electron chi connectivity index (χ1n) is 9.70. The van der Waals surface area contributed by atoms with Crippen LogP contribution < -0.4 is 10.7 Å². The molecule has 0 spiro atoms. The number of rotatable bonds is 7.